The molecule has 5 rings (SSSR count). The van der Waals surface area contributed by atoms with Gasteiger partial charge in [0.15, 0.2) is 0 Å². The fourth-order valence-corrected chi connectivity index (χ4v) is 4.15. The zero-order chi connectivity index (χ0) is 20.3. The lowest BCUT2D eigenvalue weighted by Gasteiger charge is -2.13. The van der Waals surface area contributed by atoms with E-state index in [0.29, 0.717) is 0 Å². The second-order valence-electron chi connectivity index (χ2n) is 7.50. The highest BCUT2D eigenvalue weighted by Crippen LogP contribution is 2.39. The SMILES string of the molecule is Cc1ccc2c(-c3cc(-c4c(C)noc4C)cc4[nH]c(=O)[nH]c34)c(C)ccc2n1. The average Bonchev–Trinajstić information content (AvgIpc) is 3.22. The number of H-pyrrole nitrogens is 2. The lowest BCUT2D eigenvalue weighted by Crippen LogP contribution is -1.99. The van der Waals surface area contributed by atoms with Crippen molar-refractivity contribution in [2.24, 2.45) is 0 Å². The first-order chi connectivity index (χ1) is 13.9. The molecule has 0 bridgehead atoms. The molecule has 144 valence electrons. The number of hydrogen-bond donors (Lipinski definition) is 2. The Hall–Kier alpha value is -3.67. The van der Waals surface area contributed by atoms with E-state index >= 15 is 0 Å². The third-order valence-corrected chi connectivity index (χ3v) is 5.44. The molecule has 0 atom stereocenters. The fourth-order valence-electron chi connectivity index (χ4n) is 4.15. The molecule has 0 saturated carbocycles. The van der Waals surface area contributed by atoms with Gasteiger partial charge in [0.25, 0.3) is 0 Å². The van der Waals surface area contributed by atoms with Gasteiger partial charge in [-0.05, 0) is 68.7 Å². The van der Waals surface area contributed by atoms with Gasteiger partial charge in [-0.2, -0.15) is 0 Å². The molecule has 3 aromatic heterocycles. The van der Waals surface area contributed by atoms with Crippen molar-refractivity contribution in [3.63, 3.8) is 0 Å². The Morgan fingerprint density at radius 3 is 2.52 bits per heavy atom. The first-order valence-electron chi connectivity index (χ1n) is 9.49. The summed E-state index contributed by atoms with van der Waals surface area (Å²) in [5.74, 6) is 0.748. The van der Waals surface area contributed by atoms with Crippen molar-refractivity contribution in [1.82, 2.24) is 20.1 Å². The summed E-state index contributed by atoms with van der Waals surface area (Å²) in [6.45, 7) is 7.88. The summed E-state index contributed by atoms with van der Waals surface area (Å²) in [6.07, 6.45) is 0. The molecule has 2 aromatic carbocycles. The molecule has 0 spiro atoms. The molecule has 5 aromatic rings. The number of rotatable bonds is 2. The van der Waals surface area contributed by atoms with Crippen LogP contribution in [0.2, 0.25) is 0 Å². The summed E-state index contributed by atoms with van der Waals surface area (Å²) in [5.41, 5.74) is 9.03. The number of imidazole rings is 1. The van der Waals surface area contributed by atoms with E-state index in [-0.39, 0.29) is 5.69 Å². The van der Waals surface area contributed by atoms with Crippen molar-refractivity contribution in [2.45, 2.75) is 27.7 Å². The van der Waals surface area contributed by atoms with E-state index in [1.165, 1.54) is 0 Å². The number of aromatic amines is 2. The number of pyridine rings is 1. The lowest BCUT2D eigenvalue weighted by atomic mass is 9.91. The van der Waals surface area contributed by atoms with Crippen LogP contribution < -0.4 is 5.69 Å². The monoisotopic (exact) mass is 384 g/mol. The van der Waals surface area contributed by atoms with Crippen LogP contribution in [0.4, 0.5) is 0 Å². The van der Waals surface area contributed by atoms with Crippen molar-refractivity contribution in [3.8, 4) is 22.3 Å². The molecular weight excluding hydrogens is 364 g/mol. The number of aryl methyl sites for hydroxylation is 4. The van der Waals surface area contributed by atoms with Gasteiger partial charge in [-0.3, -0.25) is 4.98 Å². The Labute approximate surface area is 166 Å². The number of benzene rings is 2. The third kappa shape index (κ3) is 2.68. The van der Waals surface area contributed by atoms with E-state index < -0.39 is 0 Å². The van der Waals surface area contributed by atoms with E-state index in [4.69, 9.17) is 4.52 Å². The molecule has 0 radical (unpaired) electrons. The second-order valence-corrected chi connectivity index (χ2v) is 7.50. The van der Waals surface area contributed by atoms with Gasteiger partial charge in [0.2, 0.25) is 0 Å². The number of hydrogen-bond acceptors (Lipinski definition) is 4. The van der Waals surface area contributed by atoms with E-state index in [1.807, 2.05) is 39.0 Å². The minimum Gasteiger partial charge on any atom is -0.361 e. The largest absolute Gasteiger partial charge is 0.361 e. The summed E-state index contributed by atoms with van der Waals surface area (Å²) in [4.78, 5) is 22.7. The van der Waals surface area contributed by atoms with Crippen LogP contribution in [0, 0.1) is 27.7 Å². The quantitative estimate of drug-likeness (QED) is 0.450. The molecule has 0 aliphatic carbocycles. The Kier molecular flexibility index (Phi) is 3.71. The Bertz CT molecular complexity index is 1450. The smallest absolute Gasteiger partial charge is 0.323 e. The first-order valence-corrected chi connectivity index (χ1v) is 9.49. The van der Waals surface area contributed by atoms with E-state index in [0.717, 1.165) is 66.9 Å². The van der Waals surface area contributed by atoms with E-state index in [9.17, 15) is 4.79 Å². The topological polar surface area (TPSA) is 87.6 Å². The minimum atomic E-state index is -0.232. The van der Waals surface area contributed by atoms with Gasteiger partial charge in [0.05, 0.1) is 22.2 Å². The molecule has 3 heterocycles. The van der Waals surface area contributed by atoms with Gasteiger partial charge in [0.1, 0.15) is 5.76 Å². The van der Waals surface area contributed by atoms with Gasteiger partial charge in [0, 0.05) is 22.2 Å². The van der Waals surface area contributed by atoms with Gasteiger partial charge >= 0.3 is 5.69 Å². The van der Waals surface area contributed by atoms with Crippen LogP contribution in [-0.4, -0.2) is 20.1 Å². The van der Waals surface area contributed by atoms with Gasteiger partial charge in [-0.15, -0.1) is 0 Å². The van der Waals surface area contributed by atoms with E-state index in [1.54, 1.807) is 0 Å². The molecule has 0 saturated heterocycles. The highest BCUT2D eigenvalue weighted by molar-refractivity contribution is 6.05. The first kappa shape index (κ1) is 17.4. The van der Waals surface area contributed by atoms with Crippen LogP contribution in [0.25, 0.3) is 44.2 Å². The van der Waals surface area contributed by atoms with Crippen LogP contribution >= 0.6 is 0 Å². The predicted octanol–water partition coefficient (Wildman–Crippen LogP) is 4.96. The Morgan fingerprint density at radius 1 is 0.931 bits per heavy atom. The molecule has 6 heteroatoms. The normalized spacial score (nSPS) is 11.6. The molecule has 6 nitrogen and oxygen atoms in total. The summed E-state index contributed by atoms with van der Waals surface area (Å²) >= 11 is 0. The number of nitrogens with zero attached hydrogens (tertiary/aromatic N) is 2. The molecule has 0 amide bonds. The fraction of sp³-hybridized carbons (Fsp3) is 0.174. The number of nitrogens with one attached hydrogen (secondary N) is 2. The lowest BCUT2D eigenvalue weighted by molar-refractivity contribution is 0.393. The second kappa shape index (κ2) is 6.17. The van der Waals surface area contributed by atoms with Gasteiger partial charge in [-0.25, -0.2) is 4.79 Å². The van der Waals surface area contributed by atoms with Gasteiger partial charge < -0.3 is 14.5 Å². The maximum Gasteiger partial charge on any atom is 0.323 e. The summed E-state index contributed by atoms with van der Waals surface area (Å²) in [6, 6.07) is 12.3. The molecule has 29 heavy (non-hydrogen) atoms. The summed E-state index contributed by atoms with van der Waals surface area (Å²) < 4.78 is 5.38. The van der Waals surface area contributed by atoms with Crippen molar-refractivity contribution in [2.75, 3.05) is 0 Å². The highest BCUT2D eigenvalue weighted by atomic mass is 16.5. The van der Waals surface area contributed by atoms with E-state index in [2.05, 4.69) is 45.2 Å². The Balaban J connectivity index is 1.92. The molecule has 2 N–H and O–H groups in total. The molecular formula is C23H20N4O2. The maximum atomic E-state index is 12.1. The van der Waals surface area contributed by atoms with Crippen molar-refractivity contribution in [1.29, 1.82) is 0 Å². The van der Waals surface area contributed by atoms with Crippen LogP contribution in [0.1, 0.15) is 22.7 Å². The Morgan fingerprint density at radius 2 is 1.76 bits per heavy atom. The molecule has 0 aliphatic rings. The number of aromatic nitrogens is 4. The van der Waals surface area contributed by atoms with Gasteiger partial charge in [-0.1, -0.05) is 17.3 Å². The highest BCUT2D eigenvalue weighted by Gasteiger charge is 2.18. The molecule has 0 unspecified atom stereocenters. The maximum absolute atomic E-state index is 12.1. The van der Waals surface area contributed by atoms with Crippen molar-refractivity contribution in [3.05, 3.63) is 69.6 Å². The predicted molar refractivity (Wildman–Crippen MR) is 114 cm³/mol. The number of fused-ring (bicyclic) bond motifs is 2. The summed E-state index contributed by atoms with van der Waals surface area (Å²) in [7, 11) is 0. The average molecular weight is 384 g/mol. The zero-order valence-corrected chi connectivity index (χ0v) is 16.7. The van der Waals surface area contributed by atoms with Crippen LogP contribution in [0.3, 0.4) is 0 Å². The molecule has 0 aliphatic heterocycles. The van der Waals surface area contributed by atoms with Crippen molar-refractivity contribution < 1.29 is 4.52 Å². The van der Waals surface area contributed by atoms with Crippen LogP contribution in [0.15, 0.2) is 45.7 Å². The summed E-state index contributed by atoms with van der Waals surface area (Å²) in [5, 5.41) is 5.14. The minimum absolute atomic E-state index is 0.232. The standard InChI is InChI=1S/C23H20N4O2/c1-11-5-8-18-16(7-6-12(2)24-18)20(11)17-9-15(21-13(3)27-29-14(21)4)10-19-22(17)26-23(28)25-19/h5-10H,1-4H3,(H2,25,26,28). The molecule has 0 fully saturated rings. The van der Waals surface area contributed by atoms with Crippen LogP contribution in [-0.2, 0) is 0 Å². The third-order valence-electron chi connectivity index (χ3n) is 5.44. The zero-order valence-electron chi connectivity index (χ0n) is 16.7. The van der Waals surface area contributed by atoms with Crippen molar-refractivity contribution >= 4 is 21.9 Å². The van der Waals surface area contributed by atoms with Crippen LogP contribution in [0.5, 0.6) is 0 Å².